The second kappa shape index (κ2) is 6.11. The third-order valence-electron chi connectivity index (χ3n) is 3.35. The largest absolute Gasteiger partial charge is 0.388 e. The lowest BCUT2D eigenvalue weighted by Crippen LogP contribution is -2.43. The van der Waals surface area contributed by atoms with E-state index in [1.165, 1.54) is 32.1 Å². The highest BCUT2D eigenvalue weighted by Crippen LogP contribution is 2.24. The van der Waals surface area contributed by atoms with Crippen LogP contribution in [0.3, 0.4) is 0 Å². The van der Waals surface area contributed by atoms with Crippen LogP contribution in [0.15, 0.2) is 0 Å². The molecule has 0 atom stereocenters. The van der Waals surface area contributed by atoms with Gasteiger partial charge >= 0.3 is 0 Å². The first-order valence-electron chi connectivity index (χ1n) is 6.20. The Morgan fingerprint density at radius 1 is 1.33 bits per heavy atom. The zero-order valence-electron chi connectivity index (χ0n) is 10.1. The van der Waals surface area contributed by atoms with Crippen LogP contribution in [-0.2, 0) is 0 Å². The predicted molar refractivity (Wildman–Crippen MR) is 65.2 cm³/mol. The van der Waals surface area contributed by atoms with Gasteiger partial charge in [0.25, 0.3) is 0 Å². The van der Waals surface area contributed by atoms with Crippen LogP contribution in [0.5, 0.6) is 0 Å². The highest BCUT2D eigenvalue weighted by atomic mass is 15.2. The van der Waals surface area contributed by atoms with Crippen molar-refractivity contribution in [3.63, 3.8) is 0 Å². The molecule has 3 N–H and O–H groups in total. The second-order valence-corrected chi connectivity index (χ2v) is 4.90. The number of amidine groups is 1. The molecule has 0 bridgehead atoms. The smallest absolute Gasteiger partial charge is 0.0918 e. The minimum Gasteiger partial charge on any atom is -0.388 e. The minimum atomic E-state index is 0.316. The van der Waals surface area contributed by atoms with Gasteiger partial charge in [-0.25, -0.2) is 0 Å². The predicted octanol–water partition coefficient (Wildman–Crippen LogP) is 2.36. The molecule has 0 aromatic rings. The summed E-state index contributed by atoms with van der Waals surface area (Å²) in [5.41, 5.74) is 5.43. The molecule has 0 spiro atoms. The van der Waals surface area contributed by atoms with Gasteiger partial charge in [0.05, 0.1) is 5.84 Å². The summed E-state index contributed by atoms with van der Waals surface area (Å²) in [5, 5.41) is 7.29. The zero-order valence-corrected chi connectivity index (χ0v) is 10.1. The molecular formula is C12H25N3. The van der Waals surface area contributed by atoms with Crippen LogP contribution in [0.2, 0.25) is 0 Å². The molecule has 1 saturated carbocycles. The van der Waals surface area contributed by atoms with Crippen LogP contribution >= 0.6 is 0 Å². The number of nitrogens with zero attached hydrogens (tertiary/aromatic N) is 1. The Labute approximate surface area is 93.5 Å². The molecule has 88 valence electrons. The Morgan fingerprint density at radius 2 is 1.93 bits per heavy atom. The van der Waals surface area contributed by atoms with Crippen molar-refractivity contribution in [2.45, 2.75) is 64.5 Å². The summed E-state index contributed by atoms with van der Waals surface area (Å²) in [6.07, 6.45) is 7.51. The first-order valence-corrected chi connectivity index (χ1v) is 6.20. The van der Waals surface area contributed by atoms with Gasteiger partial charge in [-0.05, 0) is 26.7 Å². The first kappa shape index (κ1) is 12.5. The molecule has 0 aromatic carbocycles. The monoisotopic (exact) mass is 211 g/mol. The van der Waals surface area contributed by atoms with Crippen molar-refractivity contribution in [3.05, 3.63) is 0 Å². The van der Waals surface area contributed by atoms with Crippen LogP contribution in [0.1, 0.15) is 52.4 Å². The van der Waals surface area contributed by atoms with Gasteiger partial charge in [0.2, 0.25) is 0 Å². The summed E-state index contributed by atoms with van der Waals surface area (Å²) in [5.74, 6) is 0.316. The van der Waals surface area contributed by atoms with Gasteiger partial charge in [0.15, 0.2) is 0 Å². The van der Waals surface area contributed by atoms with Crippen LogP contribution < -0.4 is 5.73 Å². The van der Waals surface area contributed by atoms with E-state index in [1.54, 1.807) is 0 Å². The van der Waals surface area contributed by atoms with Gasteiger partial charge in [0.1, 0.15) is 0 Å². The van der Waals surface area contributed by atoms with Gasteiger partial charge in [0, 0.05) is 25.0 Å². The molecule has 0 aliphatic heterocycles. The van der Waals surface area contributed by atoms with Gasteiger partial charge in [-0.2, -0.15) is 0 Å². The minimum absolute atomic E-state index is 0.316. The fraction of sp³-hybridized carbons (Fsp3) is 0.917. The Morgan fingerprint density at radius 3 is 2.40 bits per heavy atom. The number of nitrogens with two attached hydrogens (primary N) is 1. The summed E-state index contributed by atoms with van der Waals surface area (Å²) in [6.45, 7) is 5.45. The number of nitrogens with one attached hydrogen (secondary N) is 1. The van der Waals surface area contributed by atoms with E-state index in [9.17, 15) is 0 Å². The lowest BCUT2D eigenvalue weighted by Gasteiger charge is -2.37. The first-order chi connectivity index (χ1) is 7.11. The van der Waals surface area contributed by atoms with E-state index in [0.717, 1.165) is 12.6 Å². The third kappa shape index (κ3) is 4.20. The van der Waals surface area contributed by atoms with E-state index in [0.29, 0.717) is 18.3 Å². The molecule has 0 heterocycles. The summed E-state index contributed by atoms with van der Waals surface area (Å²) < 4.78 is 0. The van der Waals surface area contributed by atoms with Crippen molar-refractivity contribution >= 4 is 5.84 Å². The average molecular weight is 211 g/mol. The van der Waals surface area contributed by atoms with Gasteiger partial charge in [-0.15, -0.1) is 0 Å². The molecule has 1 fully saturated rings. The highest BCUT2D eigenvalue weighted by molar-refractivity contribution is 5.76. The Bertz CT molecular complexity index is 195. The summed E-state index contributed by atoms with van der Waals surface area (Å²) in [6, 6.07) is 1.31. The summed E-state index contributed by atoms with van der Waals surface area (Å²) in [4.78, 5) is 2.53. The van der Waals surface area contributed by atoms with Gasteiger partial charge in [-0.1, -0.05) is 19.3 Å². The molecule has 1 rings (SSSR count). The molecule has 3 nitrogen and oxygen atoms in total. The molecule has 3 heteroatoms. The maximum atomic E-state index is 7.29. The molecule has 15 heavy (non-hydrogen) atoms. The van der Waals surface area contributed by atoms with E-state index in [-0.39, 0.29) is 0 Å². The van der Waals surface area contributed by atoms with E-state index in [2.05, 4.69) is 18.7 Å². The van der Waals surface area contributed by atoms with Crippen LogP contribution in [0.4, 0.5) is 0 Å². The molecule has 0 saturated heterocycles. The molecule has 1 aliphatic carbocycles. The van der Waals surface area contributed by atoms with Crippen molar-refractivity contribution in [2.75, 3.05) is 6.54 Å². The Kier molecular flexibility index (Phi) is 5.09. The van der Waals surface area contributed by atoms with Crippen LogP contribution in [-0.4, -0.2) is 29.4 Å². The Balaban J connectivity index is 2.44. The maximum absolute atomic E-state index is 7.29. The second-order valence-electron chi connectivity index (χ2n) is 4.90. The topological polar surface area (TPSA) is 53.1 Å². The van der Waals surface area contributed by atoms with Crippen molar-refractivity contribution in [2.24, 2.45) is 5.73 Å². The Hall–Kier alpha value is -0.570. The standard InChI is InChI=1S/C12H25N3/c1-10(2)15(9-8-12(13)14)11-6-4-3-5-7-11/h10-11H,3-9H2,1-2H3,(H3,13,14). The number of hydrogen-bond acceptors (Lipinski definition) is 2. The van der Waals surface area contributed by atoms with Crippen LogP contribution in [0.25, 0.3) is 0 Å². The average Bonchev–Trinajstić information content (AvgIpc) is 2.18. The molecular weight excluding hydrogens is 186 g/mol. The SMILES string of the molecule is CC(C)N(CCC(=N)N)C1CCCCC1. The fourth-order valence-corrected chi connectivity index (χ4v) is 2.52. The van der Waals surface area contributed by atoms with Crippen molar-refractivity contribution in [1.82, 2.24) is 4.90 Å². The van der Waals surface area contributed by atoms with E-state index >= 15 is 0 Å². The van der Waals surface area contributed by atoms with Crippen molar-refractivity contribution < 1.29 is 0 Å². The highest BCUT2D eigenvalue weighted by Gasteiger charge is 2.22. The van der Waals surface area contributed by atoms with Gasteiger partial charge in [-0.3, -0.25) is 10.3 Å². The maximum Gasteiger partial charge on any atom is 0.0918 e. The van der Waals surface area contributed by atoms with E-state index in [1.807, 2.05) is 0 Å². The van der Waals surface area contributed by atoms with Gasteiger partial charge < -0.3 is 5.73 Å². The van der Waals surface area contributed by atoms with Crippen molar-refractivity contribution in [3.8, 4) is 0 Å². The lowest BCUT2D eigenvalue weighted by atomic mass is 9.93. The molecule has 0 unspecified atom stereocenters. The third-order valence-corrected chi connectivity index (χ3v) is 3.35. The van der Waals surface area contributed by atoms with E-state index in [4.69, 9.17) is 11.1 Å². The molecule has 0 aromatic heterocycles. The zero-order chi connectivity index (χ0) is 11.3. The number of hydrogen-bond donors (Lipinski definition) is 2. The quantitative estimate of drug-likeness (QED) is 0.542. The number of rotatable bonds is 5. The molecule has 1 aliphatic rings. The molecule has 0 radical (unpaired) electrons. The normalized spacial score (nSPS) is 18.7. The molecule has 0 amide bonds. The fourth-order valence-electron chi connectivity index (χ4n) is 2.52. The van der Waals surface area contributed by atoms with E-state index < -0.39 is 0 Å². The lowest BCUT2D eigenvalue weighted by molar-refractivity contribution is 0.124. The van der Waals surface area contributed by atoms with Crippen LogP contribution in [0, 0.1) is 5.41 Å². The summed E-state index contributed by atoms with van der Waals surface area (Å²) >= 11 is 0. The van der Waals surface area contributed by atoms with Crippen molar-refractivity contribution in [1.29, 1.82) is 5.41 Å². The summed E-state index contributed by atoms with van der Waals surface area (Å²) in [7, 11) is 0.